The average molecular weight is 411 g/mol. The summed E-state index contributed by atoms with van der Waals surface area (Å²) in [6.07, 6.45) is 0.442. The van der Waals surface area contributed by atoms with Crippen LogP contribution < -0.4 is 20.7 Å². The maximum atomic E-state index is 13.6. The average Bonchev–Trinajstić information content (AvgIpc) is 2.84. The van der Waals surface area contributed by atoms with Gasteiger partial charge >= 0.3 is 0 Å². The molecule has 0 aliphatic heterocycles. The summed E-state index contributed by atoms with van der Waals surface area (Å²) in [7, 11) is -0.542. The quantitative estimate of drug-likeness (QED) is 0.320. The fraction of sp³-hybridized carbons (Fsp3) is 0.0741. The number of ether oxygens (including phenoxy) is 1. The van der Waals surface area contributed by atoms with Crippen LogP contribution in [0.5, 0.6) is 5.75 Å². The number of methoxy groups -OCH3 is 1. The van der Waals surface area contributed by atoms with E-state index in [0.29, 0.717) is 11.7 Å². The monoisotopic (exact) mass is 411 g/mol. The van der Waals surface area contributed by atoms with Gasteiger partial charge in [0.25, 0.3) is 0 Å². The molecule has 0 bridgehead atoms. The summed E-state index contributed by atoms with van der Waals surface area (Å²) in [6, 6.07) is 38.8. The van der Waals surface area contributed by atoms with E-state index in [9.17, 15) is 4.79 Å². The number of benzene rings is 4. The van der Waals surface area contributed by atoms with Crippen LogP contribution >= 0.6 is 7.26 Å². The van der Waals surface area contributed by atoms with Crippen LogP contribution in [0.1, 0.15) is 10.4 Å². The summed E-state index contributed by atoms with van der Waals surface area (Å²) in [5.41, 5.74) is 0.711. The van der Waals surface area contributed by atoms with E-state index < -0.39 is 7.26 Å². The number of Topliss-reactive ketones (excluding diaryl/α,β-unsaturated/α-hetero) is 1. The number of ketones is 1. The van der Waals surface area contributed by atoms with E-state index in [4.69, 9.17) is 4.74 Å². The number of hydrogen-bond acceptors (Lipinski definition) is 2. The minimum absolute atomic E-state index is 0.141. The SMILES string of the molecule is COc1ccc(C(=O)C[P+](c2ccccc2)(c2ccccc2)c2ccccc2)cc1. The second-order valence-corrected chi connectivity index (χ2v) is 10.6. The first-order chi connectivity index (χ1) is 14.7. The maximum absolute atomic E-state index is 13.6. The summed E-state index contributed by atoms with van der Waals surface area (Å²) in [5.74, 6) is 0.893. The molecule has 0 atom stereocenters. The fourth-order valence-electron chi connectivity index (χ4n) is 3.85. The second-order valence-electron chi connectivity index (χ2n) is 7.13. The van der Waals surface area contributed by atoms with Crippen LogP contribution in [0.2, 0.25) is 0 Å². The Morgan fingerprint density at radius 2 is 1.03 bits per heavy atom. The van der Waals surface area contributed by atoms with Crippen LogP contribution in [0.15, 0.2) is 115 Å². The van der Waals surface area contributed by atoms with Gasteiger partial charge in [-0.15, -0.1) is 0 Å². The van der Waals surface area contributed by atoms with Gasteiger partial charge in [0.05, 0.1) is 7.11 Å². The first-order valence-electron chi connectivity index (χ1n) is 9.96. The molecule has 0 amide bonds. The van der Waals surface area contributed by atoms with Crippen molar-refractivity contribution in [3.63, 3.8) is 0 Å². The van der Waals surface area contributed by atoms with Crippen molar-refractivity contribution in [2.75, 3.05) is 13.3 Å². The van der Waals surface area contributed by atoms with Gasteiger partial charge in [-0.1, -0.05) is 54.6 Å². The van der Waals surface area contributed by atoms with Gasteiger partial charge in [-0.05, 0) is 60.7 Å². The summed E-state index contributed by atoms with van der Waals surface area (Å²) < 4.78 is 5.25. The molecule has 148 valence electrons. The Morgan fingerprint density at radius 3 is 1.40 bits per heavy atom. The van der Waals surface area contributed by atoms with E-state index in [0.717, 1.165) is 5.75 Å². The molecule has 3 heteroatoms. The summed E-state index contributed by atoms with van der Waals surface area (Å²) in [4.78, 5) is 13.6. The van der Waals surface area contributed by atoms with Gasteiger partial charge in [0.2, 0.25) is 5.78 Å². The van der Waals surface area contributed by atoms with Crippen molar-refractivity contribution >= 4 is 29.0 Å². The maximum Gasteiger partial charge on any atom is 0.201 e. The van der Waals surface area contributed by atoms with Gasteiger partial charge in [0, 0.05) is 5.56 Å². The van der Waals surface area contributed by atoms with E-state index in [1.807, 2.05) is 42.5 Å². The second kappa shape index (κ2) is 9.07. The third-order valence-electron chi connectivity index (χ3n) is 5.38. The number of rotatable bonds is 7. The van der Waals surface area contributed by atoms with Gasteiger partial charge in [-0.3, -0.25) is 4.79 Å². The van der Waals surface area contributed by atoms with Crippen molar-refractivity contribution in [2.24, 2.45) is 0 Å². The topological polar surface area (TPSA) is 26.3 Å². The number of hydrogen-bond donors (Lipinski definition) is 0. The predicted octanol–water partition coefficient (Wildman–Crippen LogP) is 4.87. The zero-order chi connectivity index (χ0) is 20.8. The van der Waals surface area contributed by atoms with E-state index in [1.54, 1.807) is 7.11 Å². The van der Waals surface area contributed by atoms with Crippen molar-refractivity contribution < 1.29 is 9.53 Å². The summed E-state index contributed by atoms with van der Waals surface area (Å²) in [6.45, 7) is 0. The van der Waals surface area contributed by atoms with Crippen LogP contribution in [0.25, 0.3) is 0 Å². The van der Waals surface area contributed by atoms with Gasteiger partial charge in [0.1, 0.15) is 35.1 Å². The van der Waals surface area contributed by atoms with Crippen LogP contribution in [-0.4, -0.2) is 19.1 Å². The van der Waals surface area contributed by atoms with E-state index in [2.05, 4.69) is 72.8 Å². The van der Waals surface area contributed by atoms with Crippen molar-refractivity contribution in [2.45, 2.75) is 0 Å². The Kier molecular flexibility index (Phi) is 6.07. The third-order valence-corrected chi connectivity index (χ3v) is 9.68. The van der Waals surface area contributed by atoms with Gasteiger partial charge in [0.15, 0.2) is 0 Å². The lowest BCUT2D eigenvalue weighted by atomic mass is 10.1. The van der Waals surface area contributed by atoms with Crippen LogP contribution in [-0.2, 0) is 0 Å². The first kappa shape index (κ1) is 20.1. The Morgan fingerprint density at radius 1 is 0.633 bits per heavy atom. The lowest BCUT2D eigenvalue weighted by Crippen LogP contribution is -2.35. The molecule has 0 radical (unpaired) electrons. The lowest BCUT2D eigenvalue weighted by Gasteiger charge is -2.27. The van der Waals surface area contributed by atoms with Crippen molar-refractivity contribution in [3.8, 4) is 5.75 Å². The van der Waals surface area contributed by atoms with Crippen molar-refractivity contribution in [1.29, 1.82) is 0 Å². The van der Waals surface area contributed by atoms with Crippen molar-refractivity contribution in [1.82, 2.24) is 0 Å². The standard InChI is InChI=1S/C27H24O2P/c1-29-23-19-17-22(18-20-23)27(28)21-30(24-11-5-2-6-12-24,25-13-7-3-8-14-25)26-15-9-4-10-16-26/h2-20H,21H2,1H3/q+1. The molecular formula is C27H24O2P+. The molecule has 0 spiro atoms. The van der Waals surface area contributed by atoms with Gasteiger partial charge < -0.3 is 4.74 Å². The summed E-state index contributed by atoms with van der Waals surface area (Å²) >= 11 is 0. The Labute approximate surface area is 178 Å². The predicted molar refractivity (Wildman–Crippen MR) is 127 cm³/mol. The molecule has 0 N–H and O–H groups in total. The number of carbonyl (C=O) groups excluding carboxylic acids is 1. The smallest absolute Gasteiger partial charge is 0.201 e. The largest absolute Gasteiger partial charge is 0.497 e. The third kappa shape index (κ3) is 3.92. The zero-order valence-corrected chi connectivity index (χ0v) is 17.8. The summed E-state index contributed by atoms with van der Waals surface area (Å²) in [5, 5.41) is 3.64. The van der Waals surface area contributed by atoms with E-state index in [-0.39, 0.29) is 5.78 Å². The normalized spacial score (nSPS) is 11.1. The van der Waals surface area contributed by atoms with Gasteiger partial charge in [-0.25, -0.2) is 0 Å². The Bertz CT molecular complexity index is 995. The first-order valence-corrected chi connectivity index (χ1v) is 11.9. The van der Waals surface area contributed by atoms with E-state index >= 15 is 0 Å². The fourth-order valence-corrected chi connectivity index (χ4v) is 7.95. The highest BCUT2D eigenvalue weighted by Gasteiger charge is 2.47. The molecule has 4 rings (SSSR count). The highest BCUT2D eigenvalue weighted by molar-refractivity contribution is 7.96. The van der Waals surface area contributed by atoms with Crippen LogP contribution in [0.3, 0.4) is 0 Å². The Balaban J connectivity index is 1.89. The van der Waals surface area contributed by atoms with Crippen molar-refractivity contribution in [3.05, 3.63) is 121 Å². The van der Waals surface area contributed by atoms with Gasteiger partial charge in [-0.2, -0.15) is 0 Å². The minimum Gasteiger partial charge on any atom is -0.497 e. The molecule has 0 aromatic heterocycles. The molecule has 2 nitrogen and oxygen atoms in total. The van der Waals surface area contributed by atoms with E-state index in [1.165, 1.54) is 15.9 Å². The molecule has 4 aromatic carbocycles. The number of carbonyl (C=O) groups is 1. The zero-order valence-electron chi connectivity index (χ0n) is 16.9. The minimum atomic E-state index is -2.17. The molecule has 0 heterocycles. The molecule has 0 unspecified atom stereocenters. The highest BCUT2D eigenvalue weighted by atomic mass is 31.2. The highest BCUT2D eigenvalue weighted by Crippen LogP contribution is 2.55. The molecule has 0 saturated heterocycles. The molecular weight excluding hydrogens is 387 g/mol. The van der Waals surface area contributed by atoms with Crippen LogP contribution in [0, 0.1) is 0 Å². The molecule has 4 aromatic rings. The molecule has 0 aliphatic rings. The molecule has 0 aliphatic carbocycles. The molecule has 30 heavy (non-hydrogen) atoms. The Hall–Kier alpha value is -3.22. The molecule has 0 fully saturated rings. The lowest BCUT2D eigenvalue weighted by molar-refractivity contribution is 0.102. The molecule has 0 saturated carbocycles. The van der Waals surface area contributed by atoms with Crippen LogP contribution in [0.4, 0.5) is 0 Å².